The molecule has 100 valence electrons. The lowest BCUT2D eigenvalue weighted by molar-refractivity contribution is 0.139. The van der Waals surface area contributed by atoms with E-state index < -0.39 is 6.10 Å². The topological polar surface area (TPSA) is 45.1 Å². The van der Waals surface area contributed by atoms with Crippen molar-refractivity contribution in [1.29, 1.82) is 0 Å². The van der Waals surface area contributed by atoms with Gasteiger partial charge in [0.05, 0.1) is 11.6 Å². The third kappa shape index (κ3) is 2.24. The maximum Gasteiger partial charge on any atom is 0.0963 e. The lowest BCUT2D eigenvalue weighted by Gasteiger charge is -2.20. The standard InChI is InChI=1S/C16H20N2O/c1-10-9-12-5-3-6-13(15(12)18-11(10)2)16(19)14-7-4-8-17-14/h3,5-6,9,14,16-17,19H,4,7-8H2,1-2H3/t14-,16-/m1/s1. The second-order valence-corrected chi connectivity index (χ2v) is 5.46. The Balaban J connectivity index is 2.09. The van der Waals surface area contributed by atoms with Crippen molar-refractivity contribution in [3.63, 3.8) is 0 Å². The van der Waals surface area contributed by atoms with Crippen molar-refractivity contribution >= 4 is 10.9 Å². The summed E-state index contributed by atoms with van der Waals surface area (Å²) in [7, 11) is 0. The molecular weight excluding hydrogens is 236 g/mol. The van der Waals surface area contributed by atoms with Gasteiger partial charge in [0.25, 0.3) is 0 Å². The maximum absolute atomic E-state index is 10.6. The number of para-hydroxylation sites is 1. The first-order valence-corrected chi connectivity index (χ1v) is 6.95. The van der Waals surface area contributed by atoms with Crippen LogP contribution in [0.3, 0.4) is 0 Å². The molecule has 2 atom stereocenters. The fourth-order valence-corrected chi connectivity index (χ4v) is 2.86. The van der Waals surface area contributed by atoms with Crippen LogP contribution in [-0.4, -0.2) is 22.7 Å². The molecule has 0 unspecified atom stereocenters. The Morgan fingerprint density at radius 1 is 1.37 bits per heavy atom. The first-order valence-electron chi connectivity index (χ1n) is 6.95. The second kappa shape index (κ2) is 4.91. The molecule has 1 fully saturated rings. The summed E-state index contributed by atoms with van der Waals surface area (Å²) in [6, 6.07) is 8.37. The molecule has 0 spiro atoms. The Kier molecular flexibility index (Phi) is 3.25. The van der Waals surface area contributed by atoms with Gasteiger partial charge in [-0.05, 0) is 44.9 Å². The number of benzene rings is 1. The average Bonchev–Trinajstić information content (AvgIpc) is 2.92. The van der Waals surface area contributed by atoms with Crippen LogP contribution in [0.2, 0.25) is 0 Å². The first-order chi connectivity index (χ1) is 9.16. The van der Waals surface area contributed by atoms with Crippen molar-refractivity contribution in [2.24, 2.45) is 0 Å². The van der Waals surface area contributed by atoms with Gasteiger partial charge in [-0.25, -0.2) is 0 Å². The van der Waals surface area contributed by atoms with Crippen molar-refractivity contribution in [3.8, 4) is 0 Å². The highest BCUT2D eigenvalue weighted by molar-refractivity contribution is 5.83. The van der Waals surface area contributed by atoms with Crippen LogP contribution < -0.4 is 5.32 Å². The Labute approximate surface area is 113 Å². The Hall–Kier alpha value is -1.45. The van der Waals surface area contributed by atoms with Crippen molar-refractivity contribution < 1.29 is 5.11 Å². The lowest BCUT2D eigenvalue weighted by atomic mass is 9.97. The number of rotatable bonds is 2. The molecule has 2 aromatic rings. The summed E-state index contributed by atoms with van der Waals surface area (Å²) in [5, 5.41) is 15.1. The quantitative estimate of drug-likeness (QED) is 0.868. The summed E-state index contributed by atoms with van der Waals surface area (Å²) in [6.07, 6.45) is 1.70. The van der Waals surface area contributed by atoms with Gasteiger partial charge in [-0.2, -0.15) is 0 Å². The van der Waals surface area contributed by atoms with E-state index in [-0.39, 0.29) is 6.04 Å². The van der Waals surface area contributed by atoms with Crippen molar-refractivity contribution in [1.82, 2.24) is 10.3 Å². The monoisotopic (exact) mass is 256 g/mol. The molecule has 2 heterocycles. The maximum atomic E-state index is 10.6. The van der Waals surface area contributed by atoms with Crippen LogP contribution in [0, 0.1) is 13.8 Å². The number of hydrogen-bond acceptors (Lipinski definition) is 3. The highest BCUT2D eigenvalue weighted by Crippen LogP contribution is 2.29. The molecule has 0 aliphatic carbocycles. The van der Waals surface area contributed by atoms with Gasteiger partial charge in [0.1, 0.15) is 0 Å². The summed E-state index contributed by atoms with van der Waals surface area (Å²) in [5.74, 6) is 0. The van der Waals surface area contributed by atoms with Crippen molar-refractivity contribution in [2.45, 2.75) is 38.8 Å². The fourth-order valence-electron chi connectivity index (χ4n) is 2.86. The summed E-state index contributed by atoms with van der Waals surface area (Å²) in [5.41, 5.74) is 4.11. The third-order valence-electron chi connectivity index (χ3n) is 4.12. The molecule has 0 amide bonds. The first kappa shape index (κ1) is 12.6. The molecular formula is C16H20N2O. The van der Waals surface area contributed by atoms with Crippen LogP contribution in [0.5, 0.6) is 0 Å². The van der Waals surface area contributed by atoms with Gasteiger partial charge in [-0.3, -0.25) is 4.98 Å². The van der Waals surface area contributed by atoms with Crippen molar-refractivity contribution in [3.05, 3.63) is 41.1 Å². The summed E-state index contributed by atoms with van der Waals surface area (Å²) in [4.78, 5) is 4.68. The zero-order valence-electron chi connectivity index (χ0n) is 11.5. The number of aromatic nitrogens is 1. The second-order valence-electron chi connectivity index (χ2n) is 5.46. The minimum absolute atomic E-state index is 0.161. The number of fused-ring (bicyclic) bond motifs is 1. The van der Waals surface area contributed by atoms with Crippen LogP contribution >= 0.6 is 0 Å². The molecule has 1 aliphatic heterocycles. The number of nitrogens with one attached hydrogen (secondary N) is 1. The van der Waals surface area contributed by atoms with E-state index in [0.29, 0.717) is 0 Å². The molecule has 3 nitrogen and oxygen atoms in total. The number of pyridine rings is 1. The van der Waals surface area contributed by atoms with Gasteiger partial charge < -0.3 is 10.4 Å². The molecule has 0 bridgehead atoms. The van der Waals surface area contributed by atoms with Gasteiger partial charge in [-0.1, -0.05) is 18.2 Å². The zero-order valence-corrected chi connectivity index (χ0v) is 11.5. The number of aliphatic hydroxyl groups is 1. The number of nitrogens with zero attached hydrogens (tertiary/aromatic N) is 1. The molecule has 1 aromatic heterocycles. The van der Waals surface area contributed by atoms with Crippen LogP contribution in [0.1, 0.15) is 35.8 Å². The SMILES string of the molecule is Cc1cc2cccc([C@@H](O)[C@H]3CCCN3)c2nc1C. The predicted molar refractivity (Wildman–Crippen MR) is 77.2 cm³/mol. The zero-order chi connectivity index (χ0) is 13.4. The fraction of sp³-hybridized carbons (Fsp3) is 0.438. The molecule has 1 saturated heterocycles. The Morgan fingerprint density at radius 3 is 2.95 bits per heavy atom. The molecule has 3 rings (SSSR count). The normalized spacial score (nSPS) is 20.9. The largest absolute Gasteiger partial charge is 0.387 e. The molecule has 1 aliphatic rings. The van der Waals surface area contributed by atoms with E-state index in [2.05, 4.69) is 29.4 Å². The van der Waals surface area contributed by atoms with E-state index in [1.54, 1.807) is 0 Å². The van der Waals surface area contributed by atoms with E-state index in [9.17, 15) is 5.11 Å². The number of aliphatic hydroxyl groups excluding tert-OH is 1. The molecule has 3 heteroatoms. The molecule has 0 saturated carbocycles. The molecule has 2 N–H and O–H groups in total. The number of hydrogen-bond donors (Lipinski definition) is 2. The highest BCUT2D eigenvalue weighted by Gasteiger charge is 2.25. The van der Waals surface area contributed by atoms with Gasteiger partial charge >= 0.3 is 0 Å². The highest BCUT2D eigenvalue weighted by atomic mass is 16.3. The van der Waals surface area contributed by atoms with E-state index in [0.717, 1.165) is 41.5 Å². The summed E-state index contributed by atoms with van der Waals surface area (Å²) < 4.78 is 0. The van der Waals surface area contributed by atoms with Gasteiger partial charge in [-0.15, -0.1) is 0 Å². The minimum atomic E-state index is -0.471. The molecule has 0 radical (unpaired) electrons. The third-order valence-corrected chi connectivity index (χ3v) is 4.12. The van der Waals surface area contributed by atoms with Crippen LogP contribution in [0.15, 0.2) is 24.3 Å². The number of aryl methyl sites for hydroxylation is 2. The van der Waals surface area contributed by atoms with Crippen molar-refractivity contribution in [2.75, 3.05) is 6.54 Å². The lowest BCUT2D eigenvalue weighted by Crippen LogP contribution is -2.28. The summed E-state index contributed by atoms with van der Waals surface area (Å²) >= 11 is 0. The van der Waals surface area contributed by atoms with Gasteiger partial charge in [0.2, 0.25) is 0 Å². The van der Waals surface area contributed by atoms with E-state index in [1.807, 2.05) is 19.1 Å². The molecule has 1 aromatic carbocycles. The summed E-state index contributed by atoms with van der Waals surface area (Å²) in [6.45, 7) is 5.09. The average molecular weight is 256 g/mol. The minimum Gasteiger partial charge on any atom is -0.387 e. The predicted octanol–water partition coefficient (Wildman–Crippen LogP) is 2.64. The van der Waals surface area contributed by atoms with E-state index in [1.165, 1.54) is 5.56 Å². The van der Waals surface area contributed by atoms with E-state index >= 15 is 0 Å². The van der Waals surface area contributed by atoms with Crippen LogP contribution in [-0.2, 0) is 0 Å². The van der Waals surface area contributed by atoms with Gasteiger partial charge in [0, 0.05) is 22.7 Å². The van der Waals surface area contributed by atoms with Crippen LogP contribution in [0.25, 0.3) is 10.9 Å². The smallest absolute Gasteiger partial charge is 0.0963 e. The Bertz CT molecular complexity index is 603. The van der Waals surface area contributed by atoms with E-state index in [4.69, 9.17) is 0 Å². The van der Waals surface area contributed by atoms with Gasteiger partial charge in [0.15, 0.2) is 0 Å². The Morgan fingerprint density at radius 2 is 2.21 bits per heavy atom. The van der Waals surface area contributed by atoms with Crippen LogP contribution in [0.4, 0.5) is 0 Å². The molecule has 19 heavy (non-hydrogen) atoms.